The van der Waals surface area contributed by atoms with Crippen LogP contribution in [0.25, 0.3) is 17.1 Å². The van der Waals surface area contributed by atoms with E-state index in [0.717, 1.165) is 17.0 Å². The molecule has 0 aliphatic rings. The third-order valence-corrected chi connectivity index (χ3v) is 3.82. The predicted octanol–water partition coefficient (Wildman–Crippen LogP) is 2.97. The Morgan fingerprint density at radius 3 is 2.04 bits per heavy atom. The molecule has 0 atom stereocenters. The summed E-state index contributed by atoms with van der Waals surface area (Å²) in [5.41, 5.74) is 1.61. The highest BCUT2D eigenvalue weighted by molar-refractivity contribution is 5.68. The molecule has 0 spiro atoms. The summed E-state index contributed by atoms with van der Waals surface area (Å²) < 4.78 is 23.5. The maximum Gasteiger partial charge on any atom is 0.203 e. The molecule has 7 nitrogen and oxygen atoms in total. The Bertz CT molecular complexity index is 851. The van der Waals surface area contributed by atoms with Gasteiger partial charge in [-0.1, -0.05) is 12.1 Å². The third kappa shape index (κ3) is 2.96. The van der Waals surface area contributed by atoms with E-state index in [1.54, 1.807) is 34.8 Å². The van der Waals surface area contributed by atoms with E-state index in [0.29, 0.717) is 23.1 Å². The molecular formula is C18H19N3O4. The lowest BCUT2D eigenvalue weighted by Gasteiger charge is -2.15. The van der Waals surface area contributed by atoms with Crippen LogP contribution in [0.15, 0.2) is 42.7 Å². The minimum absolute atomic E-state index is 0.525. The Hall–Kier alpha value is -3.22. The van der Waals surface area contributed by atoms with Gasteiger partial charge < -0.3 is 18.9 Å². The topological polar surface area (TPSA) is 67.6 Å². The van der Waals surface area contributed by atoms with Crippen molar-refractivity contribution in [3.8, 4) is 40.1 Å². The highest BCUT2D eigenvalue weighted by atomic mass is 16.5. The van der Waals surface area contributed by atoms with Gasteiger partial charge in [0.25, 0.3) is 0 Å². The van der Waals surface area contributed by atoms with Crippen molar-refractivity contribution in [2.75, 3.05) is 28.4 Å². The molecule has 0 N–H and O–H groups in total. The van der Waals surface area contributed by atoms with Crippen molar-refractivity contribution in [1.82, 2.24) is 14.8 Å². The van der Waals surface area contributed by atoms with Crippen molar-refractivity contribution in [1.29, 1.82) is 0 Å². The SMILES string of the molecule is COc1ccccc1-n1cnnc1-c1cc(OC)c(OC)c(OC)c1. The smallest absolute Gasteiger partial charge is 0.203 e. The summed E-state index contributed by atoms with van der Waals surface area (Å²) in [5.74, 6) is 2.97. The number of hydrogen-bond acceptors (Lipinski definition) is 6. The van der Waals surface area contributed by atoms with Crippen LogP contribution in [0.1, 0.15) is 0 Å². The molecule has 3 rings (SSSR count). The zero-order chi connectivity index (χ0) is 17.8. The summed E-state index contributed by atoms with van der Waals surface area (Å²) in [6, 6.07) is 11.3. The molecule has 1 heterocycles. The van der Waals surface area contributed by atoms with Gasteiger partial charge in [-0.05, 0) is 24.3 Å². The number of methoxy groups -OCH3 is 4. The number of rotatable bonds is 6. The van der Waals surface area contributed by atoms with Gasteiger partial charge in [-0.2, -0.15) is 0 Å². The molecule has 130 valence electrons. The summed E-state index contributed by atoms with van der Waals surface area (Å²) in [5, 5.41) is 8.30. The molecule has 1 aromatic heterocycles. The number of aromatic nitrogens is 3. The van der Waals surface area contributed by atoms with Crippen LogP contribution < -0.4 is 18.9 Å². The van der Waals surface area contributed by atoms with E-state index in [9.17, 15) is 0 Å². The van der Waals surface area contributed by atoms with Crippen molar-refractivity contribution in [3.63, 3.8) is 0 Å². The maximum absolute atomic E-state index is 5.44. The van der Waals surface area contributed by atoms with Crippen LogP contribution in [0.2, 0.25) is 0 Å². The average Bonchev–Trinajstić information content (AvgIpc) is 3.16. The minimum atomic E-state index is 0.525. The van der Waals surface area contributed by atoms with Gasteiger partial charge in [-0.3, -0.25) is 4.57 Å². The second-order valence-corrected chi connectivity index (χ2v) is 5.11. The molecule has 3 aromatic rings. The van der Waals surface area contributed by atoms with Gasteiger partial charge in [0.2, 0.25) is 5.75 Å². The summed E-state index contributed by atoms with van der Waals surface area (Å²) in [4.78, 5) is 0. The van der Waals surface area contributed by atoms with E-state index < -0.39 is 0 Å². The zero-order valence-electron chi connectivity index (χ0n) is 14.5. The highest BCUT2D eigenvalue weighted by Crippen LogP contribution is 2.41. The highest BCUT2D eigenvalue weighted by Gasteiger charge is 2.18. The van der Waals surface area contributed by atoms with E-state index in [-0.39, 0.29) is 0 Å². The first-order valence-electron chi connectivity index (χ1n) is 7.57. The molecule has 25 heavy (non-hydrogen) atoms. The monoisotopic (exact) mass is 341 g/mol. The van der Waals surface area contributed by atoms with Gasteiger partial charge in [0, 0.05) is 5.56 Å². The normalized spacial score (nSPS) is 10.4. The quantitative estimate of drug-likeness (QED) is 0.687. The number of hydrogen-bond donors (Lipinski definition) is 0. The van der Waals surface area contributed by atoms with E-state index in [1.165, 1.54) is 0 Å². The fourth-order valence-electron chi connectivity index (χ4n) is 2.65. The lowest BCUT2D eigenvalue weighted by molar-refractivity contribution is 0.324. The van der Waals surface area contributed by atoms with Crippen LogP contribution in [0.5, 0.6) is 23.0 Å². The molecule has 0 aliphatic carbocycles. The summed E-state index contributed by atoms with van der Waals surface area (Å²) in [6.45, 7) is 0. The van der Waals surface area contributed by atoms with Gasteiger partial charge in [-0.25, -0.2) is 0 Å². The first-order valence-corrected chi connectivity index (χ1v) is 7.57. The van der Waals surface area contributed by atoms with Gasteiger partial charge in [-0.15, -0.1) is 10.2 Å². The average molecular weight is 341 g/mol. The van der Waals surface area contributed by atoms with Crippen molar-refractivity contribution in [3.05, 3.63) is 42.7 Å². The number of benzene rings is 2. The van der Waals surface area contributed by atoms with E-state index in [2.05, 4.69) is 10.2 Å². The second-order valence-electron chi connectivity index (χ2n) is 5.11. The van der Waals surface area contributed by atoms with E-state index in [4.69, 9.17) is 18.9 Å². The molecule has 0 saturated heterocycles. The number of nitrogens with zero attached hydrogens (tertiary/aromatic N) is 3. The van der Waals surface area contributed by atoms with Crippen molar-refractivity contribution in [2.45, 2.75) is 0 Å². The molecule has 0 radical (unpaired) electrons. The standard InChI is InChI=1S/C18H19N3O4/c1-22-14-8-6-5-7-13(14)21-11-19-20-18(21)12-9-15(23-2)17(25-4)16(10-12)24-3/h5-11H,1-4H3. The van der Waals surface area contributed by atoms with Gasteiger partial charge in [0.15, 0.2) is 17.3 Å². The van der Waals surface area contributed by atoms with Crippen LogP contribution in [0, 0.1) is 0 Å². The Labute approximate surface area is 145 Å². The number of para-hydroxylation sites is 2. The fourth-order valence-corrected chi connectivity index (χ4v) is 2.65. The van der Waals surface area contributed by atoms with Crippen LogP contribution >= 0.6 is 0 Å². The van der Waals surface area contributed by atoms with Crippen LogP contribution in [-0.2, 0) is 0 Å². The summed E-state index contributed by atoms with van der Waals surface area (Å²) in [7, 11) is 6.34. The maximum atomic E-state index is 5.44. The number of ether oxygens (including phenoxy) is 4. The minimum Gasteiger partial charge on any atom is -0.495 e. The molecule has 7 heteroatoms. The van der Waals surface area contributed by atoms with E-state index in [1.807, 2.05) is 41.0 Å². The lowest BCUT2D eigenvalue weighted by atomic mass is 10.1. The first kappa shape index (κ1) is 16.6. The summed E-state index contributed by atoms with van der Waals surface area (Å²) >= 11 is 0. The van der Waals surface area contributed by atoms with Crippen molar-refractivity contribution < 1.29 is 18.9 Å². The molecule has 0 unspecified atom stereocenters. The Morgan fingerprint density at radius 1 is 0.800 bits per heavy atom. The molecule has 2 aromatic carbocycles. The van der Waals surface area contributed by atoms with Crippen LogP contribution in [0.3, 0.4) is 0 Å². The molecule has 0 fully saturated rings. The zero-order valence-corrected chi connectivity index (χ0v) is 14.5. The Balaban J connectivity index is 2.18. The van der Waals surface area contributed by atoms with Crippen molar-refractivity contribution >= 4 is 0 Å². The Morgan fingerprint density at radius 2 is 1.44 bits per heavy atom. The largest absolute Gasteiger partial charge is 0.495 e. The van der Waals surface area contributed by atoms with Gasteiger partial charge >= 0.3 is 0 Å². The molecule has 0 aliphatic heterocycles. The van der Waals surface area contributed by atoms with Crippen molar-refractivity contribution in [2.24, 2.45) is 0 Å². The van der Waals surface area contributed by atoms with Crippen LogP contribution in [0.4, 0.5) is 0 Å². The first-order chi connectivity index (χ1) is 12.2. The third-order valence-electron chi connectivity index (χ3n) is 3.82. The predicted molar refractivity (Wildman–Crippen MR) is 93.0 cm³/mol. The Kier molecular flexibility index (Phi) is 4.74. The van der Waals surface area contributed by atoms with E-state index >= 15 is 0 Å². The van der Waals surface area contributed by atoms with Crippen LogP contribution in [-0.4, -0.2) is 43.2 Å². The van der Waals surface area contributed by atoms with Gasteiger partial charge in [0.1, 0.15) is 12.1 Å². The summed E-state index contributed by atoms with van der Waals surface area (Å²) in [6.07, 6.45) is 1.64. The lowest BCUT2D eigenvalue weighted by Crippen LogP contribution is -2.01. The van der Waals surface area contributed by atoms with Gasteiger partial charge in [0.05, 0.1) is 34.1 Å². The molecular weight excluding hydrogens is 322 g/mol. The second kappa shape index (κ2) is 7.12. The fraction of sp³-hybridized carbons (Fsp3) is 0.222. The molecule has 0 bridgehead atoms. The molecule has 0 saturated carbocycles. The molecule has 0 amide bonds.